The Morgan fingerprint density at radius 1 is 1.38 bits per heavy atom. The van der Waals surface area contributed by atoms with Crippen LogP contribution in [-0.4, -0.2) is 43.7 Å². The summed E-state index contributed by atoms with van der Waals surface area (Å²) in [7, 11) is 0. The molecule has 92 valence electrons. The van der Waals surface area contributed by atoms with Gasteiger partial charge in [0.2, 0.25) is 0 Å². The summed E-state index contributed by atoms with van der Waals surface area (Å²) >= 11 is 0. The fourth-order valence-corrected chi connectivity index (χ4v) is 1.42. The predicted octanol–water partition coefficient (Wildman–Crippen LogP) is 1.05. The molecule has 4 nitrogen and oxygen atoms in total. The number of hydrogen-bond donors (Lipinski definition) is 1. The fourth-order valence-electron chi connectivity index (χ4n) is 1.42. The maximum atomic E-state index is 5.84. The molecule has 0 atom stereocenters. The Hall–Kier alpha value is -0.480. The zero-order chi connectivity index (χ0) is 10.9. The van der Waals surface area contributed by atoms with Gasteiger partial charge in [0.15, 0.2) is 5.96 Å². The largest absolute Gasteiger partial charge is 0.378 e. The summed E-state index contributed by atoms with van der Waals surface area (Å²) in [4.78, 5) is 6.38. The summed E-state index contributed by atoms with van der Waals surface area (Å²) in [5.41, 5.74) is 5.84. The van der Waals surface area contributed by atoms with Crippen molar-refractivity contribution in [1.29, 1.82) is 0 Å². The highest BCUT2D eigenvalue weighted by Gasteiger charge is 2.11. The molecule has 0 aromatic heterocycles. The number of unbranched alkanes of at least 4 members (excludes halogenated alkanes) is 2. The lowest BCUT2D eigenvalue weighted by atomic mass is 10.2. The van der Waals surface area contributed by atoms with Gasteiger partial charge in [-0.1, -0.05) is 0 Å². The van der Waals surface area contributed by atoms with Gasteiger partial charge in [-0.3, -0.25) is 4.99 Å². The Kier molecular flexibility index (Phi) is 9.43. The predicted molar refractivity (Wildman–Crippen MR) is 77.0 cm³/mol. The number of guanidine groups is 1. The van der Waals surface area contributed by atoms with E-state index in [1.54, 1.807) is 0 Å². The average Bonchev–Trinajstić information content (AvgIpc) is 2.30. The molecule has 0 unspecified atom stereocenters. The van der Waals surface area contributed by atoms with E-state index in [1.807, 2.05) is 0 Å². The van der Waals surface area contributed by atoms with Crippen molar-refractivity contribution < 1.29 is 4.74 Å². The Balaban J connectivity index is 0.00000225. The summed E-state index contributed by atoms with van der Waals surface area (Å²) < 4.78 is 5.23. The van der Waals surface area contributed by atoms with Crippen molar-refractivity contribution >= 4 is 29.9 Å². The Morgan fingerprint density at radius 3 is 2.69 bits per heavy atom. The highest BCUT2D eigenvalue weighted by molar-refractivity contribution is 14.0. The molecule has 0 saturated carbocycles. The van der Waals surface area contributed by atoms with Gasteiger partial charge in [-0.05, 0) is 12.8 Å². The molecule has 1 fully saturated rings. The summed E-state index contributed by atoms with van der Waals surface area (Å²) in [6.07, 6.45) is 8.01. The Morgan fingerprint density at radius 2 is 2.06 bits per heavy atom. The molecule has 0 spiro atoms. The standard InChI is InChI=1S/C11H19N3O.HI/c1-2-3-4-5-6-13-11(12)14-7-9-15-10-8-14;/h1H,3-10H2,(H2,12,13);1H. The van der Waals surface area contributed by atoms with Crippen LogP contribution in [0, 0.1) is 12.3 Å². The first-order valence-corrected chi connectivity index (χ1v) is 5.40. The van der Waals surface area contributed by atoms with Crippen LogP contribution in [0.25, 0.3) is 0 Å². The molecule has 0 bridgehead atoms. The quantitative estimate of drug-likeness (QED) is 0.274. The number of halogens is 1. The topological polar surface area (TPSA) is 50.8 Å². The first kappa shape index (κ1) is 15.5. The van der Waals surface area contributed by atoms with Crippen molar-refractivity contribution in [3.8, 4) is 12.3 Å². The molecule has 1 aliphatic heterocycles. The highest BCUT2D eigenvalue weighted by Crippen LogP contribution is 1.98. The van der Waals surface area contributed by atoms with Gasteiger partial charge in [-0.2, -0.15) is 0 Å². The molecule has 2 N–H and O–H groups in total. The monoisotopic (exact) mass is 337 g/mol. The molecule has 1 heterocycles. The highest BCUT2D eigenvalue weighted by atomic mass is 127. The summed E-state index contributed by atoms with van der Waals surface area (Å²) in [5, 5.41) is 0. The molecule has 0 amide bonds. The molecule has 1 aliphatic rings. The van der Waals surface area contributed by atoms with Crippen molar-refractivity contribution in [1.82, 2.24) is 4.90 Å². The molecule has 0 aromatic carbocycles. The normalized spacial score (nSPS) is 16.4. The third-order valence-electron chi connectivity index (χ3n) is 2.34. The fraction of sp³-hybridized carbons (Fsp3) is 0.727. The van der Waals surface area contributed by atoms with Crippen LogP contribution in [0.1, 0.15) is 19.3 Å². The van der Waals surface area contributed by atoms with Crippen LogP contribution in [0.3, 0.4) is 0 Å². The van der Waals surface area contributed by atoms with Crippen LogP contribution in [0.5, 0.6) is 0 Å². The number of nitrogens with zero attached hydrogens (tertiary/aromatic N) is 2. The molecular weight excluding hydrogens is 317 g/mol. The number of ether oxygens (including phenoxy) is 1. The smallest absolute Gasteiger partial charge is 0.191 e. The first-order valence-electron chi connectivity index (χ1n) is 5.40. The zero-order valence-electron chi connectivity index (χ0n) is 9.52. The number of terminal acetylenes is 1. The molecule has 1 saturated heterocycles. The van der Waals surface area contributed by atoms with E-state index in [4.69, 9.17) is 16.9 Å². The van der Waals surface area contributed by atoms with Crippen molar-refractivity contribution in [3.05, 3.63) is 0 Å². The van der Waals surface area contributed by atoms with E-state index in [2.05, 4.69) is 15.8 Å². The van der Waals surface area contributed by atoms with Crippen molar-refractivity contribution in [2.24, 2.45) is 10.7 Å². The number of nitrogens with two attached hydrogens (primary N) is 1. The van der Waals surface area contributed by atoms with Gasteiger partial charge in [0.25, 0.3) is 0 Å². The molecule has 1 rings (SSSR count). The van der Waals surface area contributed by atoms with Gasteiger partial charge >= 0.3 is 0 Å². The lowest BCUT2D eigenvalue weighted by Gasteiger charge is -2.27. The molecule has 0 radical (unpaired) electrons. The van der Waals surface area contributed by atoms with Crippen LogP contribution in [0.4, 0.5) is 0 Å². The molecule has 0 aliphatic carbocycles. The lowest BCUT2D eigenvalue weighted by Crippen LogP contribution is -2.44. The van der Waals surface area contributed by atoms with Gasteiger partial charge in [0.1, 0.15) is 0 Å². The average molecular weight is 337 g/mol. The van der Waals surface area contributed by atoms with E-state index >= 15 is 0 Å². The van der Waals surface area contributed by atoms with Gasteiger partial charge < -0.3 is 15.4 Å². The second kappa shape index (κ2) is 9.73. The number of hydrogen-bond acceptors (Lipinski definition) is 2. The zero-order valence-corrected chi connectivity index (χ0v) is 11.9. The van der Waals surface area contributed by atoms with E-state index in [0.717, 1.165) is 52.1 Å². The maximum Gasteiger partial charge on any atom is 0.191 e. The SMILES string of the molecule is C#CCCCCN=C(N)N1CCOCC1.I. The Labute approximate surface area is 115 Å². The van der Waals surface area contributed by atoms with Crippen LogP contribution in [0.15, 0.2) is 4.99 Å². The number of morpholine rings is 1. The van der Waals surface area contributed by atoms with Crippen LogP contribution < -0.4 is 5.73 Å². The summed E-state index contributed by atoms with van der Waals surface area (Å²) in [6, 6.07) is 0. The molecular formula is C11H20IN3O. The van der Waals surface area contributed by atoms with Gasteiger partial charge in [-0.15, -0.1) is 36.3 Å². The Bertz CT molecular complexity index is 244. The van der Waals surface area contributed by atoms with Crippen molar-refractivity contribution in [2.75, 3.05) is 32.8 Å². The third kappa shape index (κ3) is 6.18. The minimum atomic E-state index is 0. The van der Waals surface area contributed by atoms with Crippen molar-refractivity contribution in [3.63, 3.8) is 0 Å². The second-order valence-corrected chi connectivity index (χ2v) is 3.50. The van der Waals surface area contributed by atoms with Gasteiger partial charge in [0, 0.05) is 26.1 Å². The van der Waals surface area contributed by atoms with Crippen molar-refractivity contribution in [2.45, 2.75) is 19.3 Å². The molecule has 0 aromatic rings. The van der Waals surface area contributed by atoms with Crippen LogP contribution in [-0.2, 0) is 4.74 Å². The van der Waals surface area contributed by atoms with E-state index in [9.17, 15) is 0 Å². The second-order valence-electron chi connectivity index (χ2n) is 3.50. The lowest BCUT2D eigenvalue weighted by molar-refractivity contribution is 0.0674. The maximum absolute atomic E-state index is 5.84. The minimum Gasteiger partial charge on any atom is -0.378 e. The van der Waals surface area contributed by atoms with E-state index in [1.165, 1.54) is 0 Å². The minimum absolute atomic E-state index is 0. The van der Waals surface area contributed by atoms with Gasteiger partial charge in [-0.25, -0.2) is 0 Å². The third-order valence-corrected chi connectivity index (χ3v) is 2.34. The van der Waals surface area contributed by atoms with E-state index in [0.29, 0.717) is 5.96 Å². The van der Waals surface area contributed by atoms with Crippen LogP contribution in [0.2, 0.25) is 0 Å². The van der Waals surface area contributed by atoms with E-state index < -0.39 is 0 Å². The summed E-state index contributed by atoms with van der Waals surface area (Å²) in [6.45, 7) is 3.95. The van der Waals surface area contributed by atoms with E-state index in [-0.39, 0.29) is 24.0 Å². The first-order chi connectivity index (χ1) is 7.34. The molecule has 5 heteroatoms. The van der Waals surface area contributed by atoms with Gasteiger partial charge in [0.05, 0.1) is 13.2 Å². The van der Waals surface area contributed by atoms with Crippen LogP contribution >= 0.6 is 24.0 Å². The number of rotatable bonds is 4. The summed E-state index contributed by atoms with van der Waals surface area (Å²) in [5.74, 6) is 3.25. The number of aliphatic imine (C=N–C) groups is 1. The molecule has 16 heavy (non-hydrogen) atoms.